The van der Waals surface area contributed by atoms with Crippen molar-refractivity contribution >= 4 is 15.9 Å². The highest BCUT2D eigenvalue weighted by Gasteiger charge is 2.22. The van der Waals surface area contributed by atoms with Crippen LogP contribution in [0, 0.1) is 0 Å². The van der Waals surface area contributed by atoms with Gasteiger partial charge in [-0.2, -0.15) is 0 Å². The first-order chi connectivity index (χ1) is 6.68. The molecule has 3 N–H and O–H groups in total. The van der Waals surface area contributed by atoms with E-state index in [1.165, 1.54) is 5.56 Å². The highest BCUT2D eigenvalue weighted by molar-refractivity contribution is 9.10. The zero-order chi connectivity index (χ0) is 10.1. The number of nitrogens with two attached hydrogens (primary N) is 1. The van der Waals surface area contributed by atoms with Crippen molar-refractivity contribution in [1.29, 1.82) is 0 Å². The summed E-state index contributed by atoms with van der Waals surface area (Å²) in [6, 6.07) is 5.94. The Morgan fingerprint density at radius 2 is 2.21 bits per heavy atom. The summed E-state index contributed by atoms with van der Waals surface area (Å²) in [6.07, 6.45) is 2.47. The molecule has 1 aromatic rings. The van der Waals surface area contributed by atoms with Gasteiger partial charge < -0.3 is 10.8 Å². The van der Waals surface area contributed by atoms with Gasteiger partial charge in [-0.05, 0) is 42.5 Å². The van der Waals surface area contributed by atoms with Gasteiger partial charge in [-0.25, -0.2) is 0 Å². The molecule has 1 aliphatic carbocycles. The van der Waals surface area contributed by atoms with Crippen molar-refractivity contribution < 1.29 is 5.11 Å². The Morgan fingerprint density at radius 3 is 3.00 bits per heavy atom. The molecule has 0 radical (unpaired) electrons. The molecule has 0 aromatic heterocycles. The molecule has 0 amide bonds. The number of benzene rings is 1. The van der Waals surface area contributed by atoms with Crippen LogP contribution in [0.1, 0.15) is 30.1 Å². The molecule has 2 nitrogen and oxygen atoms in total. The Hall–Kier alpha value is -0.380. The molecule has 0 saturated heterocycles. The van der Waals surface area contributed by atoms with Crippen molar-refractivity contribution in [3.05, 3.63) is 33.8 Å². The lowest BCUT2D eigenvalue weighted by atomic mass is 9.99. The van der Waals surface area contributed by atoms with Crippen LogP contribution in [0.2, 0.25) is 0 Å². The lowest BCUT2D eigenvalue weighted by molar-refractivity contribution is 0.144. The van der Waals surface area contributed by atoms with Crippen LogP contribution in [-0.4, -0.2) is 11.1 Å². The van der Waals surface area contributed by atoms with Crippen molar-refractivity contribution in [3.8, 4) is 0 Å². The summed E-state index contributed by atoms with van der Waals surface area (Å²) >= 11 is 3.41. The van der Waals surface area contributed by atoms with Crippen molar-refractivity contribution in [3.63, 3.8) is 0 Å². The van der Waals surface area contributed by atoms with Gasteiger partial charge in [0.15, 0.2) is 0 Å². The second-order valence-electron chi connectivity index (χ2n) is 3.84. The predicted molar refractivity (Wildman–Crippen MR) is 60.0 cm³/mol. The minimum atomic E-state index is -0.509. The number of aryl methyl sites for hydroxylation is 1. The van der Waals surface area contributed by atoms with Crippen molar-refractivity contribution in [2.24, 2.45) is 5.73 Å². The summed E-state index contributed by atoms with van der Waals surface area (Å²) in [5, 5.41) is 9.99. The molecule has 14 heavy (non-hydrogen) atoms. The topological polar surface area (TPSA) is 46.2 Å². The standard InChI is InChI=1S/C11H14BrNO/c12-8-5-4-7-2-1-3-10(13)11(14)9(7)6-8/h4-6,10-11,14H,1-3,13H2. The number of hydrogen-bond acceptors (Lipinski definition) is 2. The summed E-state index contributed by atoms with van der Waals surface area (Å²) in [7, 11) is 0. The number of halogens is 1. The first-order valence-corrected chi connectivity index (χ1v) is 5.70. The molecule has 2 rings (SSSR count). The Balaban J connectivity index is 2.44. The molecule has 76 valence electrons. The van der Waals surface area contributed by atoms with Gasteiger partial charge in [-0.15, -0.1) is 0 Å². The quantitative estimate of drug-likeness (QED) is 0.698. The zero-order valence-electron chi connectivity index (χ0n) is 7.91. The van der Waals surface area contributed by atoms with E-state index in [1.54, 1.807) is 0 Å². The number of fused-ring (bicyclic) bond motifs is 1. The molecule has 0 spiro atoms. The lowest BCUT2D eigenvalue weighted by Gasteiger charge is -2.17. The number of aliphatic hydroxyl groups excluding tert-OH is 1. The van der Waals surface area contributed by atoms with E-state index in [1.807, 2.05) is 12.1 Å². The molecule has 0 fully saturated rings. The summed E-state index contributed by atoms with van der Waals surface area (Å²) in [5.41, 5.74) is 8.10. The monoisotopic (exact) mass is 255 g/mol. The van der Waals surface area contributed by atoms with Gasteiger partial charge >= 0.3 is 0 Å². The summed E-state index contributed by atoms with van der Waals surface area (Å²) in [6.45, 7) is 0. The van der Waals surface area contributed by atoms with E-state index < -0.39 is 6.10 Å². The first kappa shape index (κ1) is 10.1. The van der Waals surface area contributed by atoms with E-state index in [-0.39, 0.29) is 6.04 Å². The van der Waals surface area contributed by atoms with E-state index in [4.69, 9.17) is 5.73 Å². The molecule has 0 bridgehead atoms. The molecule has 1 aromatic carbocycles. The van der Waals surface area contributed by atoms with Crippen molar-refractivity contribution in [2.45, 2.75) is 31.4 Å². The lowest BCUT2D eigenvalue weighted by Crippen LogP contribution is -2.27. The summed E-state index contributed by atoms with van der Waals surface area (Å²) in [5.74, 6) is 0. The Kier molecular flexibility index (Phi) is 2.91. The van der Waals surface area contributed by atoms with Gasteiger partial charge in [0.1, 0.15) is 0 Å². The number of hydrogen-bond donors (Lipinski definition) is 2. The van der Waals surface area contributed by atoms with Gasteiger partial charge in [-0.1, -0.05) is 22.0 Å². The molecular weight excluding hydrogens is 242 g/mol. The Labute approximate surface area is 92.3 Å². The van der Waals surface area contributed by atoms with E-state index in [0.29, 0.717) is 0 Å². The van der Waals surface area contributed by atoms with Gasteiger partial charge in [0, 0.05) is 10.5 Å². The number of aliphatic hydroxyl groups is 1. The van der Waals surface area contributed by atoms with Crippen LogP contribution in [0.15, 0.2) is 22.7 Å². The molecule has 0 aliphatic heterocycles. The highest BCUT2D eigenvalue weighted by Crippen LogP contribution is 2.29. The molecule has 0 heterocycles. The highest BCUT2D eigenvalue weighted by atomic mass is 79.9. The minimum absolute atomic E-state index is 0.120. The third kappa shape index (κ3) is 1.85. The normalized spacial score (nSPS) is 26.8. The fraction of sp³-hybridized carbons (Fsp3) is 0.455. The van der Waals surface area contributed by atoms with Gasteiger partial charge in [0.05, 0.1) is 6.10 Å². The average Bonchev–Trinajstić information content (AvgIpc) is 2.30. The van der Waals surface area contributed by atoms with E-state index in [2.05, 4.69) is 22.0 Å². The fourth-order valence-electron chi connectivity index (χ4n) is 1.99. The molecule has 3 heteroatoms. The van der Waals surface area contributed by atoms with E-state index >= 15 is 0 Å². The SMILES string of the molecule is NC1CCCc2ccc(Br)cc2C1O. The average molecular weight is 256 g/mol. The molecular formula is C11H14BrNO. The van der Waals surface area contributed by atoms with Crippen molar-refractivity contribution in [1.82, 2.24) is 0 Å². The summed E-state index contributed by atoms with van der Waals surface area (Å²) < 4.78 is 1.00. The third-order valence-electron chi connectivity index (χ3n) is 2.82. The largest absolute Gasteiger partial charge is 0.387 e. The van der Waals surface area contributed by atoms with E-state index in [9.17, 15) is 5.11 Å². The maximum Gasteiger partial charge on any atom is 0.0943 e. The van der Waals surface area contributed by atoms with Crippen LogP contribution in [0.25, 0.3) is 0 Å². The molecule has 2 atom stereocenters. The zero-order valence-corrected chi connectivity index (χ0v) is 9.50. The van der Waals surface area contributed by atoms with Crippen LogP contribution in [0.4, 0.5) is 0 Å². The van der Waals surface area contributed by atoms with Crippen LogP contribution in [0.3, 0.4) is 0 Å². The molecule has 0 saturated carbocycles. The van der Waals surface area contributed by atoms with Gasteiger partial charge in [0.25, 0.3) is 0 Å². The van der Waals surface area contributed by atoms with Gasteiger partial charge in [-0.3, -0.25) is 0 Å². The third-order valence-corrected chi connectivity index (χ3v) is 3.31. The maximum absolute atomic E-state index is 9.99. The van der Waals surface area contributed by atoms with Crippen LogP contribution < -0.4 is 5.73 Å². The fourth-order valence-corrected chi connectivity index (χ4v) is 2.36. The molecule has 2 unspecified atom stereocenters. The minimum Gasteiger partial charge on any atom is -0.387 e. The van der Waals surface area contributed by atoms with Crippen LogP contribution in [0.5, 0.6) is 0 Å². The molecule has 1 aliphatic rings. The number of rotatable bonds is 0. The van der Waals surface area contributed by atoms with Crippen LogP contribution in [-0.2, 0) is 6.42 Å². The Morgan fingerprint density at radius 1 is 1.43 bits per heavy atom. The summed E-state index contributed by atoms with van der Waals surface area (Å²) in [4.78, 5) is 0. The van der Waals surface area contributed by atoms with Crippen molar-refractivity contribution in [2.75, 3.05) is 0 Å². The second kappa shape index (κ2) is 4.01. The second-order valence-corrected chi connectivity index (χ2v) is 4.76. The van der Waals surface area contributed by atoms with Gasteiger partial charge in [0.2, 0.25) is 0 Å². The predicted octanol–water partition coefficient (Wildman–Crippen LogP) is 2.15. The Bertz CT molecular complexity index is 340. The van der Waals surface area contributed by atoms with Crippen LogP contribution >= 0.6 is 15.9 Å². The maximum atomic E-state index is 9.99. The van der Waals surface area contributed by atoms with E-state index in [0.717, 1.165) is 29.3 Å². The first-order valence-electron chi connectivity index (χ1n) is 4.90. The smallest absolute Gasteiger partial charge is 0.0943 e.